The van der Waals surface area contributed by atoms with Crippen molar-refractivity contribution < 1.29 is 9.32 Å². The van der Waals surface area contributed by atoms with Gasteiger partial charge >= 0.3 is 0 Å². The topological polar surface area (TPSA) is 94.0 Å². The van der Waals surface area contributed by atoms with Crippen molar-refractivity contribution in [2.75, 3.05) is 12.3 Å². The Labute approximate surface area is 118 Å². The Morgan fingerprint density at radius 1 is 1.53 bits per heavy atom. The molecule has 0 bridgehead atoms. The summed E-state index contributed by atoms with van der Waals surface area (Å²) in [6, 6.07) is 5.15. The second-order valence-corrected chi connectivity index (χ2v) is 4.89. The summed E-state index contributed by atoms with van der Waals surface area (Å²) >= 11 is 3.30. The molecule has 0 spiro atoms. The number of hydrogen-bond acceptors (Lipinski definition) is 5. The highest BCUT2D eigenvalue weighted by atomic mass is 79.9. The molecule has 0 saturated heterocycles. The van der Waals surface area contributed by atoms with Gasteiger partial charge in [-0.1, -0.05) is 21.1 Å². The average molecular weight is 325 g/mol. The largest absolute Gasteiger partial charge is 0.398 e. The van der Waals surface area contributed by atoms with Crippen LogP contribution < -0.4 is 11.1 Å². The molecule has 0 aliphatic rings. The number of nitrogens with one attached hydrogen (secondary N) is 1. The van der Waals surface area contributed by atoms with E-state index in [1.165, 1.54) is 0 Å². The molecule has 1 aromatic carbocycles. The first-order valence-corrected chi connectivity index (χ1v) is 6.48. The van der Waals surface area contributed by atoms with Crippen LogP contribution in [-0.2, 0) is 6.42 Å². The molecule has 0 saturated carbocycles. The third-order valence-electron chi connectivity index (χ3n) is 2.45. The van der Waals surface area contributed by atoms with Crippen LogP contribution in [0.15, 0.2) is 27.2 Å². The normalized spacial score (nSPS) is 10.4. The number of nitrogens with two attached hydrogens (primary N) is 1. The Hall–Kier alpha value is -1.89. The average Bonchev–Trinajstić information content (AvgIpc) is 2.78. The lowest BCUT2D eigenvalue weighted by Gasteiger charge is -2.06. The van der Waals surface area contributed by atoms with Crippen LogP contribution in [-0.4, -0.2) is 22.6 Å². The number of nitrogen functional groups attached to an aromatic ring is 1. The first-order chi connectivity index (χ1) is 9.06. The molecule has 0 atom stereocenters. The molecule has 0 unspecified atom stereocenters. The molecule has 3 N–H and O–H groups in total. The maximum absolute atomic E-state index is 11.9. The summed E-state index contributed by atoms with van der Waals surface area (Å²) in [6.07, 6.45) is 0.487. The monoisotopic (exact) mass is 324 g/mol. The second kappa shape index (κ2) is 5.83. The van der Waals surface area contributed by atoms with E-state index in [2.05, 4.69) is 31.4 Å². The number of hydrogen-bond donors (Lipinski definition) is 2. The summed E-state index contributed by atoms with van der Waals surface area (Å²) in [5.41, 5.74) is 6.63. The van der Waals surface area contributed by atoms with Crippen LogP contribution in [0, 0.1) is 6.92 Å². The van der Waals surface area contributed by atoms with Crippen molar-refractivity contribution in [3.63, 3.8) is 0 Å². The van der Waals surface area contributed by atoms with E-state index in [9.17, 15) is 4.79 Å². The molecular weight excluding hydrogens is 312 g/mol. The molecule has 6 nitrogen and oxygen atoms in total. The highest BCUT2D eigenvalue weighted by molar-refractivity contribution is 9.10. The zero-order chi connectivity index (χ0) is 13.8. The van der Waals surface area contributed by atoms with Crippen LogP contribution in [0.1, 0.15) is 22.1 Å². The Morgan fingerprint density at radius 2 is 2.32 bits per heavy atom. The van der Waals surface area contributed by atoms with E-state index in [0.29, 0.717) is 35.9 Å². The van der Waals surface area contributed by atoms with E-state index < -0.39 is 0 Å². The van der Waals surface area contributed by atoms with Gasteiger partial charge in [0.05, 0.1) is 5.56 Å². The Morgan fingerprint density at radius 3 is 3.00 bits per heavy atom. The Balaban J connectivity index is 1.92. The fraction of sp³-hybridized carbons (Fsp3) is 0.250. The summed E-state index contributed by atoms with van der Waals surface area (Å²) in [6.45, 7) is 2.15. The molecule has 100 valence electrons. The van der Waals surface area contributed by atoms with E-state index in [1.54, 1.807) is 25.1 Å². The molecule has 2 aromatic rings. The van der Waals surface area contributed by atoms with Crippen molar-refractivity contribution in [1.82, 2.24) is 15.5 Å². The molecule has 0 aliphatic heterocycles. The third-order valence-corrected chi connectivity index (χ3v) is 2.95. The van der Waals surface area contributed by atoms with Crippen molar-refractivity contribution in [1.29, 1.82) is 0 Å². The summed E-state index contributed by atoms with van der Waals surface area (Å²) in [4.78, 5) is 16.0. The number of rotatable bonds is 4. The highest BCUT2D eigenvalue weighted by Gasteiger charge is 2.10. The van der Waals surface area contributed by atoms with E-state index in [1.807, 2.05) is 0 Å². The minimum atomic E-state index is -0.227. The van der Waals surface area contributed by atoms with Gasteiger partial charge < -0.3 is 15.6 Å². The van der Waals surface area contributed by atoms with Gasteiger partial charge in [-0.25, -0.2) is 0 Å². The van der Waals surface area contributed by atoms with Crippen LogP contribution >= 0.6 is 15.9 Å². The van der Waals surface area contributed by atoms with Gasteiger partial charge in [0, 0.05) is 23.1 Å². The van der Waals surface area contributed by atoms with Gasteiger partial charge in [-0.2, -0.15) is 4.98 Å². The Bertz CT molecular complexity index is 597. The van der Waals surface area contributed by atoms with Crippen molar-refractivity contribution >= 4 is 27.5 Å². The number of carbonyl (C=O) groups is 1. The van der Waals surface area contributed by atoms with E-state index >= 15 is 0 Å². The molecule has 1 amide bonds. The van der Waals surface area contributed by atoms with Crippen LogP contribution in [0.3, 0.4) is 0 Å². The summed E-state index contributed by atoms with van der Waals surface area (Å²) in [5.74, 6) is 0.854. The molecule has 1 heterocycles. The third kappa shape index (κ3) is 3.54. The standard InChI is InChI=1S/C12H13BrN4O2/c1-7-16-11(19-17-7)4-5-15-12(18)9-6-8(13)2-3-10(9)14/h2-3,6H,4-5,14H2,1H3,(H,15,18). The van der Waals surface area contributed by atoms with Crippen LogP contribution in [0.25, 0.3) is 0 Å². The van der Waals surface area contributed by atoms with Crippen molar-refractivity contribution in [2.45, 2.75) is 13.3 Å². The van der Waals surface area contributed by atoms with Gasteiger partial charge in [-0.3, -0.25) is 4.79 Å². The van der Waals surface area contributed by atoms with Gasteiger partial charge in [0.25, 0.3) is 5.91 Å². The summed E-state index contributed by atoms with van der Waals surface area (Å²) in [5, 5.41) is 6.43. The predicted molar refractivity (Wildman–Crippen MR) is 73.6 cm³/mol. The quantitative estimate of drug-likeness (QED) is 0.835. The van der Waals surface area contributed by atoms with E-state index in [0.717, 1.165) is 4.47 Å². The highest BCUT2D eigenvalue weighted by Crippen LogP contribution is 2.18. The fourth-order valence-electron chi connectivity index (χ4n) is 1.54. The number of benzene rings is 1. The van der Waals surface area contributed by atoms with Crippen molar-refractivity contribution in [3.8, 4) is 0 Å². The molecule has 0 fully saturated rings. The van der Waals surface area contributed by atoms with E-state index in [-0.39, 0.29) is 5.91 Å². The molecule has 19 heavy (non-hydrogen) atoms. The first kappa shape index (κ1) is 13.5. The lowest BCUT2D eigenvalue weighted by atomic mass is 10.1. The zero-order valence-electron chi connectivity index (χ0n) is 10.3. The maximum atomic E-state index is 11.9. The van der Waals surface area contributed by atoms with Crippen LogP contribution in [0.4, 0.5) is 5.69 Å². The van der Waals surface area contributed by atoms with Crippen molar-refractivity contribution in [3.05, 3.63) is 40.0 Å². The first-order valence-electron chi connectivity index (χ1n) is 5.68. The smallest absolute Gasteiger partial charge is 0.253 e. The van der Waals surface area contributed by atoms with Gasteiger partial charge in [0.2, 0.25) is 5.89 Å². The predicted octanol–water partition coefficient (Wildman–Crippen LogP) is 1.70. The van der Waals surface area contributed by atoms with Crippen molar-refractivity contribution in [2.24, 2.45) is 0 Å². The summed E-state index contributed by atoms with van der Waals surface area (Å²) < 4.78 is 5.76. The number of aryl methyl sites for hydroxylation is 1. The number of halogens is 1. The summed E-state index contributed by atoms with van der Waals surface area (Å²) in [7, 11) is 0. The number of carbonyl (C=O) groups excluding carboxylic acids is 1. The SMILES string of the molecule is Cc1noc(CCNC(=O)c2cc(Br)ccc2N)n1. The second-order valence-electron chi connectivity index (χ2n) is 3.97. The van der Waals surface area contributed by atoms with Gasteiger partial charge in [0.15, 0.2) is 5.82 Å². The minimum absolute atomic E-state index is 0.227. The Kier molecular flexibility index (Phi) is 4.16. The molecule has 7 heteroatoms. The fourth-order valence-corrected chi connectivity index (χ4v) is 1.91. The molecule has 0 aliphatic carbocycles. The lowest BCUT2D eigenvalue weighted by Crippen LogP contribution is -2.26. The van der Waals surface area contributed by atoms with Gasteiger partial charge in [0.1, 0.15) is 0 Å². The van der Waals surface area contributed by atoms with Gasteiger partial charge in [-0.05, 0) is 25.1 Å². The van der Waals surface area contributed by atoms with Crippen LogP contribution in [0.2, 0.25) is 0 Å². The number of nitrogens with zero attached hydrogens (tertiary/aromatic N) is 2. The molecule has 1 aromatic heterocycles. The zero-order valence-corrected chi connectivity index (χ0v) is 11.9. The number of aromatic nitrogens is 2. The molecular formula is C12H13BrN4O2. The molecule has 0 radical (unpaired) electrons. The lowest BCUT2D eigenvalue weighted by molar-refractivity contribution is 0.0954. The van der Waals surface area contributed by atoms with Gasteiger partial charge in [-0.15, -0.1) is 0 Å². The maximum Gasteiger partial charge on any atom is 0.253 e. The molecule has 2 rings (SSSR count). The van der Waals surface area contributed by atoms with E-state index in [4.69, 9.17) is 10.3 Å². The number of anilines is 1. The number of amides is 1. The minimum Gasteiger partial charge on any atom is -0.398 e. The van der Waals surface area contributed by atoms with Crippen LogP contribution in [0.5, 0.6) is 0 Å².